The van der Waals surface area contributed by atoms with Crippen LogP contribution in [0.4, 0.5) is 0 Å². The number of rotatable bonds is 6. The van der Waals surface area contributed by atoms with Crippen molar-refractivity contribution in [2.24, 2.45) is 0 Å². The minimum Gasteiger partial charge on any atom is -0.346 e. The summed E-state index contributed by atoms with van der Waals surface area (Å²) in [4.78, 5) is 39.1. The van der Waals surface area contributed by atoms with Crippen LogP contribution < -0.4 is 16.6 Å². The van der Waals surface area contributed by atoms with E-state index in [-0.39, 0.29) is 18.8 Å². The van der Waals surface area contributed by atoms with Gasteiger partial charge in [0.1, 0.15) is 0 Å². The van der Waals surface area contributed by atoms with E-state index < -0.39 is 17.2 Å². The molecule has 0 aliphatic carbocycles. The van der Waals surface area contributed by atoms with Crippen LogP contribution in [-0.4, -0.2) is 20.3 Å². The molecule has 0 radical (unpaired) electrons. The first-order valence-corrected chi connectivity index (χ1v) is 10.3. The molecule has 0 fully saturated rings. The molecule has 7 nitrogen and oxygen atoms in total. The van der Waals surface area contributed by atoms with Crippen molar-refractivity contribution in [2.45, 2.75) is 13.1 Å². The Labute approximate surface area is 188 Å². The summed E-state index contributed by atoms with van der Waals surface area (Å²) in [7, 11) is 0. The van der Waals surface area contributed by atoms with Crippen molar-refractivity contribution in [1.29, 1.82) is 0 Å². The van der Waals surface area contributed by atoms with Crippen LogP contribution in [0.2, 0.25) is 5.02 Å². The fourth-order valence-electron chi connectivity index (χ4n) is 3.17. The van der Waals surface area contributed by atoms with Gasteiger partial charge in [-0.15, -0.1) is 0 Å². The lowest BCUT2D eigenvalue weighted by Gasteiger charge is -2.12. The van der Waals surface area contributed by atoms with E-state index in [0.29, 0.717) is 10.7 Å². The molecule has 1 aromatic heterocycles. The predicted octanol–water partition coefficient (Wildman–Crippen LogP) is 3.03. The van der Waals surface area contributed by atoms with E-state index >= 15 is 0 Å². The van der Waals surface area contributed by atoms with Crippen LogP contribution in [0.15, 0.2) is 94.5 Å². The standard InChI is InChI=1S/C24H19ClN4O3/c25-19-11-13-20(14-12-19)29-24(32)28(16-18-9-5-2-6-10-18)23(31)21(27-29)22(30)26-15-17-7-3-1-4-8-17/h1-14H,15-16H2,(H,26,30). The lowest BCUT2D eigenvalue weighted by atomic mass is 10.2. The number of nitrogens with one attached hydrogen (secondary N) is 1. The maximum absolute atomic E-state index is 13.1. The maximum atomic E-state index is 13.1. The van der Waals surface area contributed by atoms with Gasteiger partial charge in [-0.05, 0) is 35.4 Å². The van der Waals surface area contributed by atoms with Crippen molar-refractivity contribution in [1.82, 2.24) is 19.7 Å². The topological polar surface area (TPSA) is 86.0 Å². The number of carbonyl (C=O) groups is 1. The monoisotopic (exact) mass is 446 g/mol. The highest BCUT2D eigenvalue weighted by atomic mass is 35.5. The Morgan fingerprint density at radius 3 is 2.06 bits per heavy atom. The molecule has 32 heavy (non-hydrogen) atoms. The molecule has 3 aromatic carbocycles. The van der Waals surface area contributed by atoms with Gasteiger partial charge in [-0.3, -0.25) is 14.2 Å². The van der Waals surface area contributed by atoms with Gasteiger partial charge in [0.2, 0.25) is 5.69 Å². The average Bonchev–Trinajstić information content (AvgIpc) is 2.82. The average molecular weight is 447 g/mol. The van der Waals surface area contributed by atoms with Gasteiger partial charge in [-0.2, -0.15) is 9.78 Å². The van der Waals surface area contributed by atoms with Crippen molar-refractivity contribution in [3.05, 3.63) is 128 Å². The molecule has 1 amide bonds. The second-order valence-corrected chi connectivity index (χ2v) is 7.50. The fourth-order valence-corrected chi connectivity index (χ4v) is 3.30. The van der Waals surface area contributed by atoms with Crippen LogP contribution in [0.5, 0.6) is 0 Å². The summed E-state index contributed by atoms with van der Waals surface area (Å²) >= 11 is 5.96. The first kappa shape index (κ1) is 21.3. The molecule has 0 saturated carbocycles. The van der Waals surface area contributed by atoms with Crippen molar-refractivity contribution in [3.8, 4) is 5.69 Å². The van der Waals surface area contributed by atoms with Gasteiger partial charge in [0.25, 0.3) is 11.5 Å². The Hall–Kier alpha value is -3.97. The third-order valence-electron chi connectivity index (χ3n) is 4.83. The molecule has 1 N–H and O–H groups in total. The van der Waals surface area contributed by atoms with Crippen LogP contribution >= 0.6 is 11.6 Å². The van der Waals surface area contributed by atoms with Crippen LogP contribution in [0, 0.1) is 0 Å². The van der Waals surface area contributed by atoms with Crippen molar-refractivity contribution in [2.75, 3.05) is 0 Å². The highest BCUT2D eigenvalue weighted by Crippen LogP contribution is 2.11. The molecule has 8 heteroatoms. The molecule has 1 heterocycles. The minimum absolute atomic E-state index is 0.00752. The molecule has 0 aliphatic rings. The highest BCUT2D eigenvalue weighted by Gasteiger charge is 2.20. The summed E-state index contributed by atoms with van der Waals surface area (Å²) in [5, 5.41) is 7.29. The Kier molecular flexibility index (Phi) is 6.28. The number of nitrogens with zero attached hydrogens (tertiary/aromatic N) is 3. The molecule has 4 aromatic rings. The smallest absolute Gasteiger partial charge is 0.346 e. The number of hydrogen-bond acceptors (Lipinski definition) is 4. The van der Waals surface area contributed by atoms with Crippen molar-refractivity contribution in [3.63, 3.8) is 0 Å². The van der Waals surface area contributed by atoms with E-state index in [1.807, 2.05) is 48.5 Å². The summed E-state index contributed by atoms with van der Waals surface area (Å²) in [6, 6.07) is 24.8. The normalized spacial score (nSPS) is 10.7. The molecule has 0 saturated heterocycles. The van der Waals surface area contributed by atoms with Gasteiger partial charge in [-0.25, -0.2) is 4.79 Å². The summed E-state index contributed by atoms with van der Waals surface area (Å²) in [5.41, 5.74) is 0.229. The maximum Gasteiger partial charge on any atom is 0.352 e. The largest absolute Gasteiger partial charge is 0.352 e. The van der Waals surface area contributed by atoms with E-state index in [4.69, 9.17) is 11.6 Å². The van der Waals surface area contributed by atoms with Gasteiger partial charge in [0, 0.05) is 11.6 Å². The Morgan fingerprint density at radius 2 is 1.44 bits per heavy atom. The molecule has 4 rings (SSSR count). The van der Waals surface area contributed by atoms with E-state index in [9.17, 15) is 14.4 Å². The number of carbonyl (C=O) groups excluding carboxylic acids is 1. The van der Waals surface area contributed by atoms with E-state index in [1.54, 1.807) is 36.4 Å². The highest BCUT2D eigenvalue weighted by molar-refractivity contribution is 6.30. The van der Waals surface area contributed by atoms with Gasteiger partial charge in [-0.1, -0.05) is 72.3 Å². The molecule has 0 bridgehead atoms. The summed E-state index contributed by atoms with van der Waals surface area (Å²) in [6.45, 7) is 0.229. The molecule has 0 unspecified atom stereocenters. The molecular formula is C24H19ClN4O3. The Morgan fingerprint density at radius 1 is 0.844 bits per heavy atom. The number of hydrogen-bond donors (Lipinski definition) is 1. The van der Waals surface area contributed by atoms with E-state index in [0.717, 1.165) is 20.4 Å². The third-order valence-corrected chi connectivity index (χ3v) is 5.08. The second-order valence-electron chi connectivity index (χ2n) is 7.06. The Bertz CT molecular complexity index is 1350. The van der Waals surface area contributed by atoms with Crippen molar-refractivity contribution >= 4 is 17.5 Å². The second kappa shape index (κ2) is 9.45. The first-order chi connectivity index (χ1) is 15.5. The van der Waals surface area contributed by atoms with Crippen LogP contribution in [0.25, 0.3) is 5.69 Å². The summed E-state index contributed by atoms with van der Waals surface area (Å²) < 4.78 is 2.05. The van der Waals surface area contributed by atoms with Crippen molar-refractivity contribution < 1.29 is 4.79 Å². The van der Waals surface area contributed by atoms with E-state index in [1.165, 1.54) is 0 Å². The van der Waals surface area contributed by atoms with Gasteiger partial charge >= 0.3 is 5.69 Å². The summed E-state index contributed by atoms with van der Waals surface area (Å²) in [5.74, 6) is -0.664. The van der Waals surface area contributed by atoms with E-state index in [2.05, 4.69) is 10.4 Å². The Balaban J connectivity index is 1.77. The summed E-state index contributed by atoms with van der Waals surface area (Å²) in [6.07, 6.45) is 0. The van der Waals surface area contributed by atoms with Crippen LogP contribution in [0.3, 0.4) is 0 Å². The fraction of sp³-hybridized carbons (Fsp3) is 0.0833. The number of benzene rings is 3. The zero-order valence-corrected chi connectivity index (χ0v) is 17.7. The lowest BCUT2D eigenvalue weighted by molar-refractivity contribution is 0.0941. The predicted molar refractivity (Wildman–Crippen MR) is 122 cm³/mol. The molecular weight excluding hydrogens is 428 g/mol. The van der Waals surface area contributed by atoms with Crippen LogP contribution in [-0.2, 0) is 13.1 Å². The lowest BCUT2D eigenvalue weighted by Crippen LogP contribution is -2.46. The van der Waals surface area contributed by atoms with Gasteiger partial charge in [0.15, 0.2) is 0 Å². The number of amides is 1. The molecule has 0 atom stereocenters. The molecule has 0 aliphatic heterocycles. The zero-order valence-electron chi connectivity index (χ0n) is 16.9. The van der Waals surface area contributed by atoms with Gasteiger partial charge < -0.3 is 5.32 Å². The number of halogens is 1. The molecule has 160 valence electrons. The minimum atomic E-state index is -0.755. The van der Waals surface area contributed by atoms with Gasteiger partial charge in [0.05, 0.1) is 12.2 Å². The molecule has 0 spiro atoms. The zero-order chi connectivity index (χ0) is 22.5. The quantitative estimate of drug-likeness (QED) is 0.493. The SMILES string of the molecule is O=C(NCc1ccccc1)c1nn(-c2ccc(Cl)cc2)c(=O)n(Cc2ccccc2)c1=O. The third kappa shape index (κ3) is 4.68. The first-order valence-electron chi connectivity index (χ1n) is 9.89. The van der Waals surface area contributed by atoms with Crippen LogP contribution in [0.1, 0.15) is 21.6 Å². The number of aromatic nitrogens is 3.